The van der Waals surface area contributed by atoms with Crippen molar-refractivity contribution < 1.29 is 13.6 Å². The van der Waals surface area contributed by atoms with Gasteiger partial charge in [0.1, 0.15) is 5.82 Å². The Balaban J connectivity index is 1.90. The summed E-state index contributed by atoms with van der Waals surface area (Å²) < 4.78 is 18.9. The van der Waals surface area contributed by atoms with Crippen molar-refractivity contribution in [2.45, 2.75) is 19.3 Å². The van der Waals surface area contributed by atoms with E-state index in [1.165, 1.54) is 6.07 Å². The second-order valence-corrected chi connectivity index (χ2v) is 5.78. The number of amides is 1. The number of H-pyrrole nitrogens is 1. The fourth-order valence-electron chi connectivity index (χ4n) is 2.41. The number of halogens is 1. The van der Waals surface area contributed by atoms with Gasteiger partial charge in [0.05, 0.1) is 10.9 Å². The largest absolute Gasteiger partial charge is 0.417 e. The van der Waals surface area contributed by atoms with Gasteiger partial charge in [-0.15, -0.1) is 0 Å². The molecule has 0 saturated carbocycles. The summed E-state index contributed by atoms with van der Waals surface area (Å²) in [6.45, 7) is 3.30. The Morgan fingerprint density at radius 2 is 1.96 bits per heavy atom. The zero-order chi connectivity index (χ0) is 16.6. The molecule has 0 spiro atoms. The van der Waals surface area contributed by atoms with E-state index in [1.807, 2.05) is 0 Å². The molecule has 1 heterocycles. The Morgan fingerprint density at radius 3 is 2.70 bits per heavy atom. The number of anilines is 1. The van der Waals surface area contributed by atoms with Crippen LogP contribution >= 0.6 is 0 Å². The maximum atomic E-state index is 14.0. The van der Waals surface area contributed by atoms with E-state index in [9.17, 15) is 14.0 Å². The van der Waals surface area contributed by atoms with E-state index in [0.717, 1.165) is 0 Å². The topological polar surface area (TPSA) is 75.1 Å². The number of aromatic amines is 1. The molecule has 2 aromatic carbocycles. The highest BCUT2D eigenvalue weighted by molar-refractivity contribution is 5.99. The fourth-order valence-corrected chi connectivity index (χ4v) is 2.41. The van der Waals surface area contributed by atoms with Gasteiger partial charge in [0.15, 0.2) is 5.58 Å². The highest BCUT2D eigenvalue weighted by Gasteiger charge is 2.32. The molecule has 2 N–H and O–H groups in total. The van der Waals surface area contributed by atoms with E-state index in [-0.39, 0.29) is 5.91 Å². The zero-order valence-electron chi connectivity index (χ0n) is 12.6. The molecule has 1 amide bonds. The number of oxazole rings is 1. The summed E-state index contributed by atoms with van der Waals surface area (Å²) in [5.41, 5.74) is 0.640. The number of hydrogen-bond acceptors (Lipinski definition) is 3. The first kappa shape index (κ1) is 15.0. The zero-order valence-corrected chi connectivity index (χ0v) is 12.6. The predicted molar refractivity (Wildman–Crippen MR) is 84.9 cm³/mol. The molecule has 0 bridgehead atoms. The van der Waals surface area contributed by atoms with Crippen LogP contribution in [0.1, 0.15) is 19.4 Å². The Bertz CT molecular complexity index is 940. The number of aromatic nitrogens is 1. The summed E-state index contributed by atoms with van der Waals surface area (Å²) in [6, 6.07) is 11.0. The molecule has 5 nitrogen and oxygen atoms in total. The standard InChI is InChI=1S/C17H15FN2O3/c1-17(2,11-5-3-4-6-12(11)18)15(21)19-10-7-8-14-13(9-10)20-16(22)23-14/h3-9H,1-2H3,(H,19,21)(H,20,22). The van der Waals surface area contributed by atoms with Crippen LogP contribution in [0.15, 0.2) is 51.7 Å². The molecule has 0 aliphatic carbocycles. The van der Waals surface area contributed by atoms with Crippen LogP contribution in [0.3, 0.4) is 0 Å². The van der Waals surface area contributed by atoms with Gasteiger partial charge in [0.25, 0.3) is 0 Å². The van der Waals surface area contributed by atoms with Gasteiger partial charge in [0, 0.05) is 11.3 Å². The lowest BCUT2D eigenvalue weighted by Crippen LogP contribution is -2.35. The molecule has 0 atom stereocenters. The second-order valence-electron chi connectivity index (χ2n) is 5.78. The summed E-state index contributed by atoms with van der Waals surface area (Å²) in [7, 11) is 0. The average molecular weight is 314 g/mol. The minimum absolute atomic E-state index is 0.315. The van der Waals surface area contributed by atoms with Crippen LogP contribution in [0.25, 0.3) is 11.1 Å². The van der Waals surface area contributed by atoms with Crippen LogP contribution in [0.5, 0.6) is 0 Å². The minimum atomic E-state index is -1.05. The van der Waals surface area contributed by atoms with Gasteiger partial charge in [-0.05, 0) is 38.1 Å². The van der Waals surface area contributed by atoms with E-state index in [0.29, 0.717) is 22.4 Å². The monoisotopic (exact) mass is 314 g/mol. The molecule has 0 radical (unpaired) electrons. The van der Waals surface area contributed by atoms with Crippen LogP contribution < -0.4 is 11.1 Å². The lowest BCUT2D eigenvalue weighted by atomic mass is 9.83. The van der Waals surface area contributed by atoms with Crippen molar-refractivity contribution in [1.82, 2.24) is 4.98 Å². The van der Waals surface area contributed by atoms with Crippen molar-refractivity contribution in [3.8, 4) is 0 Å². The van der Waals surface area contributed by atoms with E-state index in [2.05, 4.69) is 10.3 Å². The minimum Gasteiger partial charge on any atom is -0.408 e. The van der Waals surface area contributed by atoms with Crippen molar-refractivity contribution in [2.24, 2.45) is 0 Å². The molecule has 3 aromatic rings. The molecule has 3 rings (SSSR count). The fraction of sp³-hybridized carbons (Fsp3) is 0.176. The molecule has 1 aromatic heterocycles. The van der Waals surface area contributed by atoms with Gasteiger partial charge in [-0.2, -0.15) is 0 Å². The van der Waals surface area contributed by atoms with Crippen molar-refractivity contribution in [3.05, 3.63) is 64.4 Å². The summed E-state index contributed by atoms with van der Waals surface area (Å²) in [5, 5.41) is 2.74. The molecule has 0 saturated heterocycles. The normalized spacial score (nSPS) is 11.6. The van der Waals surface area contributed by atoms with Gasteiger partial charge < -0.3 is 9.73 Å². The van der Waals surface area contributed by atoms with Crippen LogP contribution in [0.4, 0.5) is 10.1 Å². The Kier molecular flexibility index (Phi) is 3.52. The molecule has 6 heteroatoms. The van der Waals surface area contributed by atoms with Gasteiger partial charge in [-0.1, -0.05) is 18.2 Å². The number of hydrogen-bond donors (Lipinski definition) is 2. The number of benzene rings is 2. The van der Waals surface area contributed by atoms with E-state index < -0.39 is 17.0 Å². The first-order valence-electron chi connectivity index (χ1n) is 7.07. The molecule has 23 heavy (non-hydrogen) atoms. The number of nitrogens with one attached hydrogen (secondary N) is 2. The molecule has 0 aliphatic heterocycles. The van der Waals surface area contributed by atoms with Crippen LogP contribution in [-0.4, -0.2) is 10.9 Å². The van der Waals surface area contributed by atoms with Crippen LogP contribution in [0.2, 0.25) is 0 Å². The van der Waals surface area contributed by atoms with Gasteiger partial charge in [-0.25, -0.2) is 9.18 Å². The first-order valence-corrected chi connectivity index (χ1v) is 7.07. The number of fused-ring (bicyclic) bond motifs is 1. The molecule has 0 aliphatic rings. The quantitative estimate of drug-likeness (QED) is 0.779. The molecule has 0 unspecified atom stereocenters. The third kappa shape index (κ3) is 2.75. The Labute approximate surface area is 131 Å². The lowest BCUT2D eigenvalue weighted by Gasteiger charge is -2.24. The predicted octanol–water partition coefficient (Wildman–Crippen LogP) is 3.18. The van der Waals surface area contributed by atoms with E-state index in [1.54, 1.807) is 50.2 Å². The Morgan fingerprint density at radius 1 is 1.22 bits per heavy atom. The lowest BCUT2D eigenvalue weighted by molar-refractivity contribution is -0.120. The molecular weight excluding hydrogens is 299 g/mol. The SMILES string of the molecule is CC(C)(C(=O)Nc1ccc2oc(=O)[nH]c2c1)c1ccccc1F. The number of carbonyl (C=O) groups is 1. The smallest absolute Gasteiger partial charge is 0.408 e. The van der Waals surface area contributed by atoms with Crippen LogP contribution in [-0.2, 0) is 10.2 Å². The van der Waals surface area contributed by atoms with Gasteiger partial charge in [-0.3, -0.25) is 9.78 Å². The van der Waals surface area contributed by atoms with E-state index in [4.69, 9.17) is 4.42 Å². The summed E-state index contributed by atoms with van der Waals surface area (Å²) in [6.07, 6.45) is 0. The van der Waals surface area contributed by atoms with Gasteiger partial charge in [0.2, 0.25) is 5.91 Å². The number of rotatable bonds is 3. The number of carbonyl (C=O) groups excluding carboxylic acids is 1. The third-order valence-electron chi connectivity index (χ3n) is 3.79. The maximum Gasteiger partial charge on any atom is 0.417 e. The molecule has 0 fully saturated rings. The Hall–Kier alpha value is -2.89. The van der Waals surface area contributed by atoms with Crippen molar-refractivity contribution in [2.75, 3.05) is 5.32 Å². The van der Waals surface area contributed by atoms with E-state index >= 15 is 0 Å². The average Bonchev–Trinajstić information content (AvgIpc) is 2.86. The van der Waals surface area contributed by atoms with Gasteiger partial charge >= 0.3 is 5.76 Å². The highest BCUT2D eigenvalue weighted by Crippen LogP contribution is 2.27. The van der Waals surface area contributed by atoms with Crippen molar-refractivity contribution in [1.29, 1.82) is 0 Å². The molecular formula is C17H15FN2O3. The molecule has 118 valence electrons. The summed E-state index contributed by atoms with van der Waals surface area (Å²) >= 11 is 0. The van der Waals surface area contributed by atoms with Crippen molar-refractivity contribution >= 4 is 22.7 Å². The summed E-state index contributed by atoms with van der Waals surface area (Å²) in [4.78, 5) is 26.2. The maximum absolute atomic E-state index is 14.0. The second kappa shape index (κ2) is 5.39. The summed E-state index contributed by atoms with van der Waals surface area (Å²) in [5.74, 6) is -1.34. The third-order valence-corrected chi connectivity index (χ3v) is 3.79. The first-order chi connectivity index (χ1) is 10.9. The highest BCUT2D eigenvalue weighted by atomic mass is 19.1. The van der Waals surface area contributed by atoms with Crippen LogP contribution in [0, 0.1) is 5.82 Å². The van der Waals surface area contributed by atoms with Crippen molar-refractivity contribution in [3.63, 3.8) is 0 Å².